The highest BCUT2D eigenvalue weighted by Gasteiger charge is 2.33. The van der Waals surface area contributed by atoms with E-state index < -0.39 is 17.6 Å². The van der Waals surface area contributed by atoms with Gasteiger partial charge < -0.3 is 10.2 Å². The molecule has 1 saturated heterocycles. The van der Waals surface area contributed by atoms with Gasteiger partial charge in [0.05, 0.1) is 17.8 Å². The van der Waals surface area contributed by atoms with Crippen LogP contribution in [0.3, 0.4) is 0 Å². The van der Waals surface area contributed by atoms with Crippen LogP contribution in [0, 0.1) is 0 Å². The number of aryl methyl sites for hydroxylation is 1. The first kappa shape index (κ1) is 20.0. The van der Waals surface area contributed by atoms with Crippen LogP contribution < -0.4 is 10.2 Å². The first-order valence-corrected chi connectivity index (χ1v) is 9.26. The lowest BCUT2D eigenvalue weighted by atomic mass is 10.1. The third-order valence-corrected chi connectivity index (χ3v) is 4.91. The summed E-state index contributed by atoms with van der Waals surface area (Å²) in [6.07, 6.45) is -3.07. The molecular weight excluding hydrogens is 401 g/mol. The van der Waals surface area contributed by atoms with Crippen molar-refractivity contribution in [3.63, 3.8) is 0 Å². The van der Waals surface area contributed by atoms with Gasteiger partial charge in [-0.1, -0.05) is 17.3 Å². The predicted molar refractivity (Wildman–Crippen MR) is 103 cm³/mol. The molecule has 0 unspecified atom stereocenters. The number of hydrogen-bond donors (Lipinski definition) is 1. The Morgan fingerprint density at radius 1 is 1.13 bits per heavy atom. The number of rotatable bonds is 4. The van der Waals surface area contributed by atoms with E-state index in [1.807, 2.05) is 9.80 Å². The number of benzene rings is 1. The van der Waals surface area contributed by atoms with Gasteiger partial charge in [0.15, 0.2) is 17.0 Å². The van der Waals surface area contributed by atoms with Crippen molar-refractivity contribution in [3.05, 3.63) is 36.2 Å². The number of carbonyl (C=O) groups excluding carboxylic acids is 1. The number of nitrogens with zero attached hydrogens (tertiary/aromatic N) is 7. The normalized spacial score (nSPS) is 15.5. The van der Waals surface area contributed by atoms with Crippen LogP contribution in [0.5, 0.6) is 0 Å². The van der Waals surface area contributed by atoms with Crippen molar-refractivity contribution in [1.82, 2.24) is 29.9 Å². The Labute approximate surface area is 169 Å². The average molecular weight is 420 g/mol. The van der Waals surface area contributed by atoms with Crippen molar-refractivity contribution >= 4 is 28.6 Å². The van der Waals surface area contributed by atoms with Crippen LogP contribution in [0.1, 0.15) is 5.56 Å². The molecule has 1 aromatic carbocycles. The summed E-state index contributed by atoms with van der Waals surface area (Å²) < 4.78 is 40.8. The maximum absolute atomic E-state index is 13.1. The number of carbonyl (C=O) groups is 1. The van der Waals surface area contributed by atoms with Crippen molar-refractivity contribution in [2.45, 2.75) is 6.18 Å². The van der Waals surface area contributed by atoms with E-state index in [-0.39, 0.29) is 12.2 Å². The zero-order valence-electron chi connectivity index (χ0n) is 16.1. The minimum Gasteiger partial charge on any atom is -0.352 e. The number of hydrogen-bond acceptors (Lipinski definition) is 7. The molecule has 12 heteroatoms. The van der Waals surface area contributed by atoms with Crippen molar-refractivity contribution in [2.75, 3.05) is 42.9 Å². The monoisotopic (exact) mass is 420 g/mol. The van der Waals surface area contributed by atoms with E-state index in [1.165, 1.54) is 24.5 Å². The first-order chi connectivity index (χ1) is 14.3. The summed E-state index contributed by atoms with van der Waals surface area (Å²) in [5.74, 6) is 0.190. The number of alkyl halides is 3. The van der Waals surface area contributed by atoms with E-state index in [9.17, 15) is 18.0 Å². The number of halogens is 3. The second kappa shape index (κ2) is 7.86. The molecule has 1 fully saturated rings. The zero-order chi connectivity index (χ0) is 21.3. The van der Waals surface area contributed by atoms with Gasteiger partial charge >= 0.3 is 6.18 Å². The first-order valence-electron chi connectivity index (χ1n) is 9.26. The van der Waals surface area contributed by atoms with Crippen LogP contribution in [0.15, 0.2) is 30.6 Å². The lowest BCUT2D eigenvalue weighted by molar-refractivity contribution is -0.137. The van der Waals surface area contributed by atoms with Crippen LogP contribution in [0.25, 0.3) is 11.2 Å². The Kier molecular flexibility index (Phi) is 5.24. The minimum absolute atomic E-state index is 0.00432. The van der Waals surface area contributed by atoms with E-state index in [4.69, 9.17) is 0 Å². The maximum atomic E-state index is 13.1. The molecule has 4 rings (SSSR count). The Hall–Kier alpha value is -3.28. The van der Waals surface area contributed by atoms with Gasteiger partial charge in [0.2, 0.25) is 5.91 Å². The molecular formula is C18H19F3N8O. The third kappa shape index (κ3) is 4.03. The number of piperazine rings is 1. The molecule has 1 aliphatic heterocycles. The average Bonchev–Trinajstić information content (AvgIpc) is 3.09. The summed E-state index contributed by atoms with van der Waals surface area (Å²) in [7, 11) is 1.75. The van der Waals surface area contributed by atoms with E-state index in [0.29, 0.717) is 43.2 Å². The van der Waals surface area contributed by atoms with Crippen molar-refractivity contribution in [2.24, 2.45) is 7.05 Å². The zero-order valence-corrected chi connectivity index (χ0v) is 16.1. The molecule has 0 saturated carbocycles. The molecule has 0 bridgehead atoms. The van der Waals surface area contributed by atoms with Gasteiger partial charge in [-0.25, -0.2) is 14.6 Å². The van der Waals surface area contributed by atoms with Crippen molar-refractivity contribution in [3.8, 4) is 0 Å². The van der Waals surface area contributed by atoms with E-state index in [1.54, 1.807) is 11.7 Å². The van der Waals surface area contributed by atoms with E-state index in [0.717, 1.165) is 6.07 Å². The molecule has 9 nitrogen and oxygen atoms in total. The lowest BCUT2D eigenvalue weighted by Gasteiger charge is -2.34. The van der Waals surface area contributed by atoms with Gasteiger partial charge in [0.25, 0.3) is 0 Å². The number of amides is 1. The smallest absolute Gasteiger partial charge is 0.352 e. The summed E-state index contributed by atoms with van der Waals surface area (Å²) >= 11 is 0. The van der Waals surface area contributed by atoms with Crippen LogP contribution in [0.4, 0.5) is 24.7 Å². The Morgan fingerprint density at radius 3 is 2.60 bits per heavy atom. The van der Waals surface area contributed by atoms with Crippen molar-refractivity contribution in [1.29, 1.82) is 0 Å². The summed E-state index contributed by atoms with van der Waals surface area (Å²) in [5.41, 5.74) is 0.139. The SMILES string of the molecule is Cn1nnc2c(N3CCN(CC(=O)Nc4ccccc4C(F)(F)F)CC3)ncnc21. The molecule has 2 aromatic heterocycles. The highest BCUT2D eigenvalue weighted by atomic mass is 19.4. The fourth-order valence-corrected chi connectivity index (χ4v) is 3.42. The second-order valence-corrected chi connectivity index (χ2v) is 6.94. The van der Waals surface area contributed by atoms with Gasteiger partial charge in [-0.2, -0.15) is 13.2 Å². The van der Waals surface area contributed by atoms with Gasteiger partial charge in [0, 0.05) is 33.2 Å². The Morgan fingerprint density at radius 2 is 1.87 bits per heavy atom. The van der Waals surface area contributed by atoms with E-state index >= 15 is 0 Å². The largest absolute Gasteiger partial charge is 0.418 e. The summed E-state index contributed by atoms with van der Waals surface area (Å²) in [5, 5.41) is 10.5. The third-order valence-electron chi connectivity index (χ3n) is 4.91. The Balaban J connectivity index is 1.37. The number of fused-ring (bicyclic) bond motifs is 1. The van der Waals surface area contributed by atoms with E-state index in [2.05, 4.69) is 25.6 Å². The number of para-hydroxylation sites is 1. The molecule has 1 aliphatic rings. The molecule has 158 valence electrons. The highest BCUT2D eigenvalue weighted by molar-refractivity contribution is 5.93. The topological polar surface area (TPSA) is 92.1 Å². The fraction of sp³-hybridized carbons (Fsp3) is 0.389. The summed E-state index contributed by atoms with van der Waals surface area (Å²) in [6, 6.07) is 4.95. The van der Waals surface area contributed by atoms with Gasteiger partial charge in [-0.3, -0.25) is 9.69 Å². The molecule has 0 spiro atoms. The van der Waals surface area contributed by atoms with Crippen LogP contribution in [-0.4, -0.2) is 68.5 Å². The number of aromatic nitrogens is 5. The summed E-state index contributed by atoms with van der Waals surface area (Å²) in [6.45, 7) is 2.30. The van der Waals surface area contributed by atoms with Crippen LogP contribution in [-0.2, 0) is 18.0 Å². The fourth-order valence-electron chi connectivity index (χ4n) is 3.42. The van der Waals surface area contributed by atoms with Gasteiger partial charge in [0.1, 0.15) is 6.33 Å². The minimum atomic E-state index is -4.53. The number of anilines is 2. The van der Waals surface area contributed by atoms with Crippen LogP contribution >= 0.6 is 0 Å². The lowest BCUT2D eigenvalue weighted by Crippen LogP contribution is -2.49. The maximum Gasteiger partial charge on any atom is 0.418 e. The molecule has 0 radical (unpaired) electrons. The predicted octanol–water partition coefficient (Wildman–Crippen LogP) is 1.54. The molecule has 1 N–H and O–H groups in total. The standard InChI is InChI=1S/C18H19F3N8O/c1-27-16-15(25-26-27)17(23-11-22-16)29-8-6-28(7-9-29)10-14(30)24-13-5-3-2-4-12(13)18(19,20)21/h2-5,11H,6-10H2,1H3,(H,24,30). The molecule has 0 aliphatic carbocycles. The second-order valence-electron chi connectivity index (χ2n) is 6.94. The molecule has 30 heavy (non-hydrogen) atoms. The molecule has 3 heterocycles. The van der Waals surface area contributed by atoms with Gasteiger partial charge in [-0.05, 0) is 12.1 Å². The summed E-state index contributed by atoms with van der Waals surface area (Å²) in [4.78, 5) is 24.7. The number of nitrogens with one attached hydrogen (secondary N) is 1. The Bertz CT molecular complexity index is 1060. The quantitative estimate of drug-likeness (QED) is 0.685. The van der Waals surface area contributed by atoms with Crippen LogP contribution in [0.2, 0.25) is 0 Å². The van der Waals surface area contributed by atoms with Gasteiger partial charge in [-0.15, -0.1) is 5.10 Å². The molecule has 0 atom stereocenters. The van der Waals surface area contributed by atoms with Crippen molar-refractivity contribution < 1.29 is 18.0 Å². The molecule has 1 amide bonds. The highest BCUT2D eigenvalue weighted by Crippen LogP contribution is 2.34. The molecule has 3 aromatic rings.